The summed E-state index contributed by atoms with van der Waals surface area (Å²) in [5, 5.41) is 4.06. The van der Waals surface area contributed by atoms with Crippen LogP contribution in [0.25, 0.3) is 0 Å². The standard InChI is InChI=1S/C13H16Cl2N2O2/c1-9-7-16-5-6-17(9)12(18)8-19-13-10(14)3-2-4-11(13)15/h2-4,9,16H,5-8H2,1H3/t9-/m0/s1. The topological polar surface area (TPSA) is 41.6 Å². The van der Waals surface area contributed by atoms with Gasteiger partial charge >= 0.3 is 0 Å². The van der Waals surface area contributed by atoms with E-state index in [-0.39, 0.29) is 18.6 Å². The van der Waals surface area contributed by atoms with Crippen LogP contribution in [0.5, 0.6) is 5.75 Å². The minimum atomic E-state index is -0.0509. The molecule has 1 amide bonds. The molecule has 1 aromatic rings. The van der Waals surface area contributed by atoms with Crippen molar-refractivity contribution in [2.45, 2.75) is 13.0 Å². The summed E-state index contributed by atoms with van der Waals surface area (Å²) in [7, 11) is 0. The number of hydrogen-bond acceptors (Lipinski definition) is 3. The van der Waals surface area contributed by atoms with Crippen LogP contribution in [-0.2, 0) is 4.79 Å². The van der Waals surface area contributed by atoms with Gasteiger partial charge in [-0.25, -0.2) is 0 Å². The third-order valence-corrected chi connectivity index (χ3v) is 3.68. The number of amides is 1. The van der Waals surface area contributed by atoms with E-state index in [0.29, 0.717) is 22.3 Å². The lowest BCUT2D eigenvalue weighted by atomic mass is 10.2. The van der Waals surface area contributed by atoms with Gasteiger partial charge in [-0.05, 0) is 19.1 Å². The summed E-state index contributed by atoms with van der Waals surface area (Å²) in [6.45, 7) is 4.27. The Morgan fingerprint density at radius 1 is 1.47 bits per heavy atom. The summed E-state index contributed by atoms with van der Waals surface area (Å²) in [6, 6.07) is 5.27. The minimum absolute atomic E-state index is 0.0478. The maximum absolute atomic E-state index is 12.1. The van der Waals surface area contributed by atoms with Gasteiger partial charge in [-0.3, -0.25) is 4.79 Å². The van der Waals surface area contributed by atoms with Gasteiger partial charge in [0.1, 0.15) is 0 Å². The van der Waals surface area contributed by atoms with Crippen molar-refractivity contribution in [1.82, 2.24) is 10.2 Å². The molecule has 1 aliphatic heterocycles. The van der Waals surface area contributed by atoms with Gasteiger partial charge in [0, 0.05) is 25.7 Å². The van der Waals surface area contributed by atoms with Crippen molar-refractivity contribution in [2.75, 3.05) is 26.2 Å². The molecule has 6 heteroatoms. The Bertz CT molecular complexity index is 448. The first-order valence-electron chi connectivity index (χ1n) is 6.16. The van der Waals surface area contributed by atoms with Gasteiger partial charge in [-0.15, -0.1) is 0 Å². The first-order valence-corrected chi connectivity index (χ1v) is 6.92. The minimum Gasteiger partial charge on any atom is -0.481 e. The van der Waals surface area contributed by atoms with E-state index in [1.54, 1.807) is 23.1 Å². The Morgan fingerprint density at radius 3 is 2.79 bits per heavy atom. The number of halogens is 2. The van der Waals surface area contributed by atoms with Crippen LogP contribution in [-0.4, -0.2) is 43.1 Å². The molecule has 1 fully saturated rings. The normalized spacial score (nSPS) is 19.3. The first kappa shape index (κ1) is 14.4. The van der Waals surface area contributed by atoms with Crippen LogP contribution >= 0.6 is 23.2 Å². The Kier molecular flexibility index (Phi) is 4.91. The highest BCUT2D eigenvalue weighted by atomic mass is 35.5. The molecule has 2 rings (SSSR count). The SMILES string of the molecule is C[C@H]1CNCCN1C(=O)COc1c(Cl)cccc1Cl. The Balaban J connectivity index is 1.96. The monoisotopic (exact) mass is 302 g/mol. The molecular weight excluding hydrogens is 287 g/mol. The number of para-hydroxylation sites is 1. The predicted molar refractivity (Wildman–Crippen MR) is 76.0 cm³/mol. The quantitative estimate of drug-likeness (QED) is 0.930. The molecule has 1 atom stereocenters. The van der Waals surface area contributed by atoms with Gasteiger partial charge in [0.2, 0.25) is 0 Å². The summed E-state index contributed by atoms with van der Waals surface area (Å²) in [5.74, 6) is 0.312. The lowest BCUT2D eigenvalue weighted by Crippen LogP contribution is -2.53. The lowest BCUT2D eigenvalue weighted by molar-refractivity contribution is -0.136. The van der Waals surface area contributed by atoms with Gasteiger partial charge in [0.05, 0.1) is 10.0 Å². The van der Waals surface area contributed by atoms with Crippen LogP contribution in [0.2, 0.25) is 10.0 Å². The molecule has 1 aromatic carbocycles. The highest BCUT2D eigenvalue weighted by Crippen LogP contribution is 2.32. The highest BCUT2D eigenvalue weighted by molar-refractivity contribution is 6.37. The van der Waals surface area contributed by atoms with Gasteiger partial charge in [-0.2, -0.15) is 0 Å². The third kappa shape index (κ3) is 3.53. The van der Waals surface area contributed by atoms with Crippen LogP contribution in [0.3, 0.4) is 0 Å². The molecule has 1 N–H and O–H groups in total. The van der Waals surface area contributed by atoms with Crippen molar-refractivity contribution in [2.24, 2.45) is 0 Å². The Hall–Kier alpha value is -0.970. The van der Waals surface area contributed by atoms with Crippen LogP contribution in [0.1, 0.15) is 6.92 Å². The Labute approximate surface area is 122 Å². The fraction of sp³-hybridized carbons (Fsp3) is 0.462. The average Bonchev–Trinajstić information content (AvgIpc) is 2.38. The van der Waals surface area contributed by atoms with Crippen molar-refractivity contribution in [1.29, 1.82) is 0 Å². The number of ether oxygens (including phenoxy) is 1. The maximum atomic E-state index is 12.1. The lowest BCUT2D eigenvalue weighted by Gasteiger charge is -2.33. The van der Waals surface area contributed by atoms with Gasteiger partial charge < -0.3 is 15.0 Å². The molecule has 1 aliphatic rings. The molecule has 0 aliphatic carbocycles. The summed E-state index contributed by atoms with van der Waals surface area (Å²) in [4.78, 5) is 13.9. The van der Waals surface area contributed by atoms with Gasteiger partial charge in [0.15, 0.2) is 12.4 Å². The Morgan fingerprint density at radius 2 is 2.16 bits per heavy atom. The van der Waals surface area contributed by atoms with E-state index in [0.717, 1.165) is 13.1 Å². The van der Waals surface area contributed by atoms with E-state index in [2.05, 4.69) is 5.32 Å². The van der Waals surface area contributed by atoms with E-state index >= 15 is 0 Å². The molecule has 1 heterocycles. The van der Waals surface area contributed by atoms with E-state index in [9.17, 15) is 4.79 Å². The zero-order chi connectivity index (χ0) is 13.8. The van der Waals surface area contributed by atoms with Crippen LogP contribution in [0, 0.1) is 0 Å². The number of nitrogens with one attached hydrogen (secondary N) is 1. The highest BCUT2D eigenvalue weighted by Gasteiger charge is 2.23. The second-order valence-corrected chi connectivity index (χ2v) is 5.29. The van der Waals surface area contributed by atoms with Crippen molar-refractivity contribution in [3.63, 3.8) is 0 Å². The molecule has 1 saturated heterocycles. The number of rotatable bonds is 3. The average molecular weight is 303 g/mol. The van der Waals surface area contributed by atoms with Gasteiger partial charge in [0.25, 0.3) is 5.91 Å². The fourth-order valence-electron chi connectivity index (χ4n) is 2.05. The van der Waals surface area contributed by atoms with E-state index in [1.165, 1.54) is 0 Å². The predicted octanol–water partition coefficient (Wildman–Crippen LogP) is 2.19. The van der Waals surface area contributed by atoms with Crippen LogP contribution < -0.4 is 10.1 Å². The summed E-state index contributed by atoms with van der Waals surface area (Å²) in [5.41, 5.74) is 0. The maximum Gasteiger partial charge on any atom is 0.260 e. The molecule has 0 bridgehead atoms. The van der Waals surface area contributed by atoms with Crippen molar-refractivity contribution in [3.05, 3.63) is 28.2 Å². The molecule has 4 nitrogen and oxygen atoms in total. The zero-order valence-electron chi connectivity index (χ0n) is 10.7. The summed E-state index contributed by atoms with van der Waals surface area (Å²) < 4.78 is 5.46. The molecule has 0 radical (unpaired) electrons. The van der Waals surface area contributed by atoms with Crippen molar-refractivity contribution >= 4 is 29.1 Å². The van der Waals surface area contributed by atoms with E-state index in [4.69, 9.17) is 27.9 Å². The zero-order valence-corrected chi connectivity index (χ0v) is 12.2. The molecule has 0 spiro atoms. The molecule has 104 valence electrons. The second kappa shape index (κ2) is 6.46. The molecule has 19 heavy (non-hydrogen) atoms. The molecule has 0 saturated carbocycles. The first-order chi connectivity index (χ1) is 9.09. The van der Waals surface area contributed by atoms with Crippen molar-refractivity contribution in [3.8, 4) is 5.75 Å². The largest absolute Gasteiger partial charge is 0.481 e. The smallest absolute Gasteiger partial charge is 0.260 e. The number of benzene rings is 1. The van der Waals surface area contributed by atoms with Crippen LogP contribution in [0.15, 0.2) is 18.2 Å². The number of carbonyl (C=O) groups excluding carboxylic acids is 1. The number of nitrogens with zero attached hydrogens (tertiary/aromatic N) is 1. The second-order valence-electron chi connectivity index (χ2n) is 4.48. The van der Waals surface area contributed by atoms with Crippen LogP contribution in [0.4, 0.5) is 0 Å². The number of hydrogen-bond donors (Lipinski definition) is 1. The number of carbonyl (C=O) groups is 1. The molecule has 0 unspecified atom stereocenters. The van der Waals surface area contributed by atoms with Crippen molar-refractivity contribution < 1.29 is 9.53 Å². The third-order valence-electron chi connectivity index (χ3n) is 3.08. The molecule has 0 aromatic heterocycles. The van der Waals surface area contributed by atoms with Gasteiger partial charge in [-0.1, -0.05) is 29.3 Å². The number of piperazine rings is 1. The summed E-state index contributed by atoms with van der Waals surface area (Å²) >= 11 is 12.0. The van der Waals surface area contributed by atoms with E-state index in [1.807, 2.05) is 6.92 Å². The van der Waals surface area contributed by atoms with E-state index < -0.39 is 0 Å². The fourth-order valence-corrected chi connectivity index (χ4v) is 2.56. The molecular formula is C13H16Cl2N2O2. The summed E-state index contributed by atoms with van der Waals surface area (Å²) in [6.07, 6.45) is 0.